The first-order chi connectivity index (χ1) is 12.5. The number of primary amides is 1. The maximum Gasteiger partial charge on any atom is 0.242 e. The van der Waals surface area contributed by atoms with Gasteiger partial charge in [-0.05, 0) is 44.7 Å². The van der Waals surface area contributed by atoms with Crippen LogP contribution in [-0.2, 0) is 9.59 Å². The zero-order valence-corrected chi connectivity index (χ0v) is 16.0. The molecule has 5 nitrogen and oxygen atoms in total. The van der Waals surface area contributed by atoms with E-state index in [1.165, 1.54) is 19.3 Å². The Morgan fingerprint density at radius 3 is 2.54 bits per heavy atom. The molecule has 26 heavy (non-hydrogen) atoms. The molecule has 2 aliphatic rings. The molecule has 2 atom stereocenters. The molecular formula is C21H31N3O2. The normalized spacial score (nSPS) is 23.4. The van der Waals surface area contributed by atoms with Crippen LogP contribution in [0, 0.1) is 0 Å². The Morgan fingerprint density at radius 1 is 1.19 bits per heavy atom. The first-order valence-electron chi connectivity index (χ1n) is 9.97. The number of anilines is 1. The molecule has 3 rings (SSSR count). The molecule has 0 spiro atoms. The number of para-hydroxylation sites is 1. The highest BCUT2D eigenvalue weighted by Crippen LogP contribution is 2.38. The van der Waals surface area contributed by atoms with Gasteiger partial charge in [0.1, 0.15) is 0 Å². The SMILES string of the molecule is CCN(C(=O)CN1c2ccccc2C(C(N)=O)CC1C)C1CCCCC1. The van der Waals surface area contributed by atoms with Crippen molar-refractivity contribution in [3.05, 3.63) is 29.8 Å². The smallest absolute Gasteiger partial charge is 0.242 e. The highest BCUT2D eigenvalue weighted by atomic mass is 16.2. The average molecular weight is 357 g/mol. The topological polar surface area (TPSA) is 66.6 Å². The van der Waals surface area contributed by atoms with Crippen molar-refractivity contribution in [1.29, 1.82) is 0 Å². The third-order valence-corrected chi connectivity index (χ3v) is 6.06. The lowest BCUT2D eigenvalue weighted by Crippen LogP contribution is -2.50. The van der Waals surface area contributed by atoms with Crippen LogP contribution < -0.4 is 10.6 Å². The van der Waals surface area contributed by atoms with Crippen molar-refractivity contribution < 1.29 is 9.59 Å². The fourth-order valence-corrected chi connectivity index (χ4v) is 4.65. The highest BCUT2D eigenvalue weighted by molar-refractivity contribution is 5.87. The molecule has 1 aromatic carbocycles. The fraction of sp³-hybridized carbons (Fsp3) is 0.619. The van der Waals surface area contributed by atoms with Crippen LogP contribution in [0.25, 0.3) is 0 Å². The number of hydrogen-bond acceptors (Lipinski definition) is 3. The maximum absolute atomic E-state index is 13.1. The largest absolute Gasteiger partial charge is 0.369 e. The molecule has 2 unspecified atom stereocenters. The van der Waals surface area contributed by atoms with Crippen molar-refractivity contribution in [2.45, 2.75) is 70.4 Å². The molecule has 0 radical (unpaired) electrons. The first kappa shape index (κ1) is 18.7. The lowest BCUT2D eigenvalue weighted by Gasteiger charge is -2.41. The van der Waals surface area contributed by atoms with Crippen LogP contribution in [0.15, 0.2) is 24.3 Å². The monoisotopic (exact) mass is 357 g/mol. The molecule has 1 aliphatic carbocycles. The number of rotatable bonds is 5. The first-order valence-corrected chi connectivity index (χ1v) is 9.97. The van der Waals surface area contributed by atoms with E-state index in [1.807, 2.05) is 24.3 Å². The van der Waals surface area contributed by atoms with E-state index in [-0.39, 0.29) is 23.8 Å². The Bertz CT molecular complexity index is 654. The summed E-state index contributed by atoms with van der Waals surface area (Å²) in [6.45, 7) is 5.28. The van der Waals surface area contributed by atoms with E-state index in [4.69, 9.17) is 5.73 Å². The van der Waals surface area contributed by atoms with E-state index in [9.17, 15) is 9.59 Å². The van der Waals surface area contributed by atoms with Crippen molar-refractivity contribution in [1.82, 2.24) is 4.90 Å². The average Bonchev–Trinajstić information content (AvgIpc) is 2.65. The third kappa shape index (κ3) is 3.71. The summed E-state index contributed by atoms with van der Waals surface area (Å²) in [5.74, 6) is -0.362. The molecule has 2 N–H and O–H groups in total. The predicted molar refractivity (Wildman–Crippen MR) is 104 cm³/mol. The summed E-state index contributed by atoms with van der Waals surface area (Å²) in [7, 11) is 0. The molecule has 1 aromatic rings. The minimum absolute atomic E-state index is 0.108. The standard InChI is InChI=1S/C21H31N3O2/c1-3-23(16-9-5-4-6-10-16)20(25)14-24-15(2)13-18(21(22)26)17-11-7-8-12-19(17)24/h7-8,11-12,15-16,18H,3-6,9-10,13-14H2,1-2H3,(H2,22,26). The second kappa shape index (κ2) is 8.11. The summed E-state index contributed by atoms with van der Waals surface area (Å²) in [5.41, 5.74) is 7.55. The molecular weight excluding hydrogens is 326 g/mol. The fourth-order valence-electron chi connectivity index (χ4n) is 4.65. The van der Waals surface area contributed by atoms with Crippen molar-refractivity contribution in [3.63, 3.8) is 0 Å². The minimum Gasteiger partial charge on any atom is -0.369 e. The van der Waals surface area contributed by atoms with Gasteiger partial charge in [0.25, 0.3) is 0 Å². The number of carbonyl (C=O) groups is 2. The van der Waals surface area contributed by atoms with Crippen molar-refractivity contribution in [2.24, 2.45) is 5.73 Å². The van der Waals surface area contributed by atoms with Gasteiger partial charge in [0.2, 0.25) is 11.8 Å². The van der Waals surface area contributed by atoms with E-state index in [0.29, 0.717) is 19.0 Å². The summed E-state index contributed by atoms with van der Waals surface area (Å²) in [6.07, 6.45) is 6.63. The molecule has 0 bridgehead atoms. The third-order valence-electron chi connectivity index (χ3n) is 6.06. The molecule has 1 heterocycles. The second-order valence-electron chi connectivity index (χ2n) is 7.70. The van der Waals surface area contributed by atoms with E-state index < -0.39 is 0 Å². The number of hydrogen-bond donors (Lipinski definition) is 1. The van der Waals surface area contributed by atoms with Crippen LogP contribution in [0.1, 0.15) is 63.9 Å². The Hall–Kier alpha value is -2.04. The van der Waals surface area contributed by atoms with Gasteiger partial charge in [0.15, 0.2) is 0 Å². The number of carbonyl (C=O) groups excluding carboxylic acids is 2. The van der Waals surface area contributed by atoms with Crippen LogP contribution >= 0.6 is 0 Å². The van der Waals surface area contributed by atoms with E-state index in [0.717, 1.165) is 30.6 Å². The zero-order chi connectivity index (χ0) is 18.7. The number of benzene rings is 1. The van der Waals surface area contributed by atoms with Gasteiger partial charge in [-0.15, -0.1) is 0 Å². The molecule has 1 fully saturated rings. The van der Waals surface area contributed by atoms with Crippen LogP contribution in [0.2, 0.25) is 0 Å². The summed E-state index contributed by atoms with van der Waals surface area (Å²) < 4.78 is 0. The van der Waals surface area contributed by atoms with Crippen LogP contribution in [0.3, 0.4) is 0 Å². The molecule has 142 valence electrons. The van der Waals surface area contributed by atoms with Gasteiger partial charge in [-0.25, -0.2) is 0 Å². The quantitative estimate of drug-likeness (QED) is 0.881. The highest BCUT2D eigenvalue weighted by Gasteiger charge is 2.35. The number of nitrogens with zero attached hydrogens (tertiary/aromatic N) is 2. The Kier molecular flexibility index (Phi) is 5.84. The number of amides is 2. The minimum atomic E-state index is -0.285. The summed E-state index contributed by atoms with van der Waals surface area (Å²) in [4.78, 5) is 29.2. The number of likely N-dealkylation sites (N-methyl/N-ethyl adjacent to an activating group) is 1. The van der Waals surface area contributed by atoms with Crippen molar-refractivity contribution >= 4 is 17.5 Å². The summed E-state index contributed by atoms with van der Waals surface area (Å²) in [5, 5.41) is 0. The second-order valence-corrected chi connectivity index (χ2v) is 7.70. The molecule has 5 heteroatoms. The van der Waals surface area contributed by atoms with Gasteiger partial charge in [-0.3, -0.25) is 9.59 Å². The van der Waals surface area contributed by atoms with Crippen LogP contribution in [0.4, 0.5) is 5.69 Å². The van der Waals surface area contributed by atoms with E-state index in [1.54, 1.807) is 0 Å². The molecule has 0 aromatic heterocycles. The van der Waals surface area contributed by atoms with Gasteiger partial charge in [0.05, 0.1) is 12.5 Å². The van der Waals surface area contributed by atoms with E-state index in [2.05, 4.69) is 23.6 Å². The van der Waals surface area contributed by atoms with Crippen LogP contribution in [-0.4, -0.2) is 41.9 Å². The van der Waals surface area contributed by atoms with E-state index >= 15 is 0 Å². The van der Waals surface area contributed by atoms with Gasteiger partial charge >= 0.3 is 0 Å². The Labute approximate surface area is 156 Å². The zero-order valence-electron chi connectivity index (χ0n) is 16.0. The summed E-state index contributed by atoms with van der Waals surface area (Å²) >= 11 is 0. The number of fused-ring (bicyclic) bond motifs is 1. The van der Waals surface area contributed by atoms with Gasteiger partial charge < -0.3 is 15.5 Å². The molecule has 1 saturated carbocycles. The predicted octanol–water partition coefficient (Wildman–Crippen LogP) is 3.04. The van der Waals surface area contributed by atoms with Gasteiger partial charge in [-0.2, -0.15) is 0 Å². The molecule has 1 aliphatic heterocycles. The van der Waals surface area contributed by atoms with Crippen molar-refractivity contribution in [2.75, 3.05) is 18.0 Å². The number of nitrogens with two attached hydrogens (primary N) is 1. The van der Waals surface area contributed by atoms with Crippen LogP contribution in [0.5, 0.6) is 0 Å². The maximum atomic E-state index is 13.1. The lowest BCUT2D eigenvalue weighted by atomic mass is 9.85. The Morgan fingerprint density at radius 2 is 1.88 bits per heavy atom. The van der Waals surface area contributed by atoms with Gasteiger partial charge in [0, 0.05) is 24.3 Å². The Balaban J connectivity index is 1.80. The lowest BCUT2D eigenvalue weighted by molar-refractivity contribution is -0.132. The van der Waals surface area contributed by atoms with Crippen molar-refractivity contribution in [3.8, 4) is 0 Å². The van der Waals surface area contributed by atoms with Gasteiger partial charge in [-0.1, -0.05) is 37.5 Å². The molecule has 2 amide bonds. The summed E-state index contributed by atoms with van der Waals surface area (Å²) in [6, 6.07) is 8.36. The molecule has 0 saturated heterocycles.